The first-order chi connectivity index (χ1) is 14.6. The molecule has 0 bridgehead atoms. The van der Waals surface area contributed by atoms with Gasteiger partial charge in [-0.05, 0) is 18.2 Å². The number of alkyl halides is 2. The van der Waals surface area contributed by atoms with Gasteiger partial charge in [0.05, 0.1) is 25.9 Å². The smallest absolute Gasteiger partial charge is 0.388 e. The maximum absolute atomic E-state index is 13.8. The van der Waals surface area contributed by atoms with Gasteiger partial charge in [0.25, 0.3) is 0 Å². The summed E-state index contributed by atoms with van der Waals surface area (Å²) in [7, 11) is -4.25. The molecule has 2 heterocycles. The van der Waals surface area contributed by atoms with E-state index in [1.165, 1.54) is 6.07 Å². The van der Waals surface area contributed by atoms with Gasteiger partial charge < -0.3 is 19.7 Å². The van der Waals surface area contributed by atoms with Crippen LogP contribution in [0.3, 0.4) is 0 Å². The van der Waals surface area contributed by atoms with Crippen LogP contribution in [0.5, 0.6) is 11.6 Å². The molecule has 0 amide bonds. The van der Waals surface area contributed by atoms with Gasteiger partial charge in [-0.1, -0.05) is 0 Å². The SMILES string of the molecule is [C-]#[N+]c1ccc(O[C@H]2CN(S(=O)(=O)c3ccc(OC(F)F)nc3)C[C@@]2(O)CO)cc1F. The highest BCUT2D eigenvalue weighted by Gasteiger charge is 2.50. The fourth-order valence-electron chi connectivity index (χ4n) is 2.95. The molecule has 0 radical (unpaired) electrons. The molecule has 0 spiro atoms. The maximum Gasteiger partial charge on any atom is 0.388 e. The molecular formula is C18H16F3N3O6S. The van der Waals surface area contributed by atoms with Crippen LogP contribution in [0.15, 0.2) is 41.4 Å². The Morgan fingerprint density at radius 1 is 1.35 bits per heavy atom. The maximum atomic E-state index is 13.8. The van der Waals surface area contributed by atoms with Crippen molar-refractivity contribution < 1.29 is 41.3 Å². The van der Waals surface area contributed by atoms with Crippen LogP contribution in [-0.4, -0.2) is 65.9 Å². The molecule has 9 nitrogen and oxygen atoms in total. The number of hydrogen-bond acceptors (Lipinski definition) is 7. The summed E-state index contributed by atoms with van der Waals surface area (Å²) < 4.78 is 74.4. The van der Waals surface area contributed by atoms with Crippen molar-refractivity contribution in [2.45, 2.75) is 23.2 Å². The molecule has 31 heavy (non-hydrogen) atoms. The first kappa shape index (κ1) is 22.8. The Hall–Kier alpha value is -2.92. The zero-order valence-corrected chi connectivity index (χ0v) is 16.5. The van der Waals surface area contributed by atoms with Crippen LogP contribution in [-0.2, 0) is 10.0 Å². The first-order valence-electron chi connectivity index (χ1n) is 8.67. The molecular weight excluding hydrogens is 443 g/mol. The van der Waals surface area contributed by atoms with E-state index in [-0.39, 0.29) is 16.3 Å². The van der Waals surface area contributed by atoms with E-state index >= 15 is 0 Å². The third kappa shape index (κ3) is 4.72. The molecule has 2 aromatic rings. The predicted octanol–water partition coefficient (Wildman–Crippen LogP) is 1.55. The lowest BCUT2D eigenvalue weighted by atomic mass is 10.0. The van der Waals surface area contributed by atoms with Crippen LogP contribution in [0, 0.1) is 12.4 Å². The van der Waals surface area contributed by atoms with Gasteiger partial charge in [-0.2, -0.15) is 13.1 Å². The number of aliphatic hydroxyl groups excluding tert-OH is 1. The largest absolute Gasteiger partial charge is 0.486 e. The highest BCUT2D eigenvalue weighted by molar-refractivity contribution is 7.89. The monoisotopic (exact) mass is 459 g/mol. The van der Waals surface area contributed by atoms with Crippen LogP contribution in [0.1, 0.15) is 0 Å². The molecule has 1 aliphatic rings. The standard InChI is InChI=1S/C18H16F3N3O6S/c1-22-14-4-2-11(6-13(14)19)29-15-8-24(9-18(15,26)10-25)31(27,28)12-3-5-16(23-7-12)30-17(20)21/h2-7,15,17,25-26H,8-10H2/t15-,18+/m0/s1. The minimum atomic E-state index is -4.25. The quantitative estimate of drug-likeness (QED) is 0.604. The molecule has 1 fully saturated rings. The summed E-state index contributed by atoms with van der Waals surface area (Å²) in [5, 5.41) is 20.3. The number of ether oxygens (including phenoxy) is 2. The highest BCUT2D eigenvalue weighted by Crippen LogP contribution is 2.32. The number of benzene rings is 1. The minimum Gasteiger partial charge on any atom is -0.486 e. The minimum absolute atomic E-state index is 0.0730. The van der Waals surface area contributed by atoms with E-state index in [1.807, 2.05) is 0 Å². The molecule has 1 aliphatic heterocycles. The Labute approximate surface area is 175 Å². The number of aliphatic hydroxyl groups is 2. The second kappa shape index (κ2) is 8.67. The topological polar surface area (TPSA) is 114 Å². The first-order valence-corrected chi connectivity index (χ1v) is 10.1. The number of hydrogen-bond donors (Lipinski definition) is 2. The number of nitrogens with zero attached hydrogens (tertiary/aromatic N) is 3. The van der Waals surface area contributed by atoms with E-state index < -0.39 is 59.7 Å². The lowest BCUT2D eigenvalue weighted by Crippen LogP contribution is -2.48. The summed E-state index contributed by atoms with van der Waals surface area (Å²) in [5.74, 6) is -1.41. The molecule has 0 unspecified atom stereocenters. The van der Waals surface area contributed by atoms with Crippen molar-refractivity contribution in [3.63, 3.8) is 0 Å². The number of halogens is 3. The molecule has 1 aromatic carbocycles. The number of β-amino-alcohol motifs (C(OH)–C–C–N with tert-alkyl or cyclic N) is 1. The lowest BCUT2D eigenvalue weighted by Gasteiger charge is -2.27. The number of sulfonamides is 1. The third-order valence-electron chi connectivity index (χ3n) is 4.57. The van der Waals surface area contributed by atoms with Gasteiger partial charge >= 0.3 is 6.61 Å². The van der Waals surface area contributed by atoms with Crippen molar-refractivity contribution in [3.05, 3.63) is 53.8 Å². The molecule has 1 saturated heterocycles. The summed E-state index contributed by atoms with van der Waals surface area (Å²) in [5.41, 5.74) is -2.25. The number of rotatable bonds is 7. The Morgan fingerprint density at radius 3 is 2.65 bits per heavy atom. The third-order valence-corrected chi connectivity index (χ3v) is 6.36. The van der Waals surface area contributed by atoms with Gasteiger partial charge in [0.2, 0.25) is 21.6 Å². The van der Waals surface area contributed by atoms with E-state index in [0.717, 1.165) is 34.8 Å². The van der Waals surface area contributed by atoms with Crippen molar-refractivity contribution in [3.8, 4) is 11.6 Å². The molecule has 0 saturated carbocycles. The van der Waals surface area contributed by atoms with Crippen molar-refractivity contribution in [2.75, 3.05) is 19.7 Å². The van der Waals surface area contributed by atoms with Crippen LogP contribution in [0.4, 0.5) is 18.9 Å². The predicted molar refractivity (Wildman–Crippen MR) is 98.7 cm³/mol. The molecule has 2 atom stereocenters. The normalized spacial score (nSPS) is 21.8. The van der Waals surface area contributed by atoms with E-state index in [2.05, 4.69) is 14.6 Å². The summed E-state index contributed by atoms with van der Waals surface area (Å²) >= 11 is 0. The van der Waals surface area contributed by atoms with Gasteiger partial charge in [0, 0.05) is 18.7 Å². The highest BCUT2D eigenvalue weighted by atomic mass is 32.2. The van der Waals surface area contributed by atoms with E-state index in [9.17, 15) is 31.8 Å². The molecule has 1 aromatic heterocycles. The second-order valence-corrected chi connectivity index (χ2v) is 8.54. The van der Waals surface area contributed by atoms with Crippen LogP contribution in [0.25, 0.3) is 4.85 Å². The zero-order chi connectivity index (χ0) is 22.8. The molecule has 13 heteroatoms. The lowest BCUT2D eigenvalue weighted by molar-refractivity contribution is -0.0641. The van der Waals surface area contributed by atoms with Crippen LogP contribution in [0.2, 0.25) is 0 Å². The molecule has 0 aliphatic carbocycles. The number of aromatic nitrogens is 1. The van der Waals surface area contributed by atoms with Crippen LogP contribution < -0.4 is 9.47 Å². The van der Waals surface area contributed by atoms with Gasteiger partial charge in [-0.3, -0.25) is 0 Å². The Morgan fingerprint density at radius 2 is 2.10 bits per heavy atom. The zero-order valence-electron chi connectivity index (χ0n) is 15.7. The number of pyridine rings is 1. The van der Waals surface area contributed by atoms with E-state index in [4.69, 9.17) is 11.3 Å². The Balaban J connectivity index is 1.82. The van der Waals surface area contributed by atoms with Gasteiger partial charge in [0.1, 0.15) is 28.2 Å². The van der Waals surface area contributed by atoms with E-state index in [1.54, 1.807) is 0 Å². The molecule has 166 valence electrons. The van der Waals surface area contributed by atoms with Crippen molar-refractivity contribution >= 4 is 15.7 Å². The summed E-state index contributed by atoms with van der Waals surface area (Å²) in [6, 6.07) is 5.30. The fraction of sp³-hybridized carbons (Fsp3) is 0.333. The summed E-state index contributed by atoms with van der Waals surface area (Å²) in [6.45, 7) is 1.91. The van der Waals surface area contributed by atoms with Crippen molar-refractivity contribution in [1.82, 2.24) is 9.29 Å². The van der Waals surface area contributed by atoms with Crippen molar-refractivity contribution in [1.29, 1.82) is 0 Å². The van der Waals surface area contributed by atoms with Gasteiger partial charge in [0.15, 0.2) is 0 Å². The van der Waals surface area contributed by atoms with Gasteiger partial charge in [-0.25, -0.2) is 22.6 Å². The second-order valence-electron chi connectivity index (χ2n) is 6.60. The van der Waals surface area contributed by atoms with Gasteiger partial charge in [-0.15, -0.1) is 0 Å². The molecule has 3 rings (SSSR count). The average Bonchev–Trinajstić information content (AvgIpc) is 3.06. The summed E-state index contributed by atoms with van der Waals surface area (Å²) in [6.07, 6.45) is -0.447. The molecule has 2 N–H and O–H groups in total. The van der Waals surface area contributed by atoms with Crippen LogP contribution >= 0.6 is 0 Å². The Kier molecular flexibility index (Phi) is 6.37. The summed E-state index contributed by atoms with van der Waals surface area (Å²) in [4.78, 5) is 6.12. The average molecular weight is 459 g/mol. The van der Waals surface area contributed by atoms with Crippen molar-refractivity contribution in [2.24, 2.45) is 0 Å². The van der Waals surface area contributed by atoms with E-state index in [0.29, 0.717) is 0 Å². The fourth-order valence-corrected chi connectivity index (χ4v) is 4.40. The Bertz CT molecular complexity index is 1090.